The molecule has 0 bridgehead atoms. The van der Waals surface area contributed by atoms with Crippen molar-refractivity contribution in [3.8, 4) is 5.92 Å². The average Bonchev–Trinajstić information content (AvgIpc) is 1.69. The molecule has 0 spiro atoms. The molecule has 0 aromatic rings. The summed E-state index contributed by atoms with van der Waals surface area (Å²) in [4.78, 5) is 0. The summed E-state index contributed by atoms with van der Waals surface area (Å²) in [6.45, 7) is 2.16. The van der Waals surface area contributed by atoms with Gasteiger partial charge in [-0.25, -0.2) is 0 Å². The molecule has 0 atom stereocenters. The number of hydrogen-bond acceptors (Lipinski definition) is 0. The Kier molecular flexibility index (Phi) is 5.60. The van der Waals surface area contributed by atoms with E-state index in [4.69, 9.17) is 6.42 Å². The Hall–Kier alpha value is -0.220. The third kappa shape index (κ3) is 5.78. The number of rotatable bonds is 3. The van der Waals surface area contributed by atoms with Crippen LogP contribution in [0.1, 0.15) is 32.6 Å². The fourth-order valence-electron chi connectivity index (χ4n) is 0.463. The van der Waals surface area contributed by atoms with E-state index in [2.05, 4.69) is 12.8 Å². The minimum absolute atomic E-state index is 0.841. The molecule has 0 N–H and O–H groups in total. The Labute approximate surface area is 45.9 Å². The predicted molar refractivity (Wildman–Crippen MR) is 31.3 cm³/mol. The van der Waals surface area contributed by atoms with Crippen molar-refractivity contribution in [2.45, 2.75) is 32.6 Å². The Morgan fingerprint density at radius 2 is 2.14 bits per heavy atom. The zero-order chi connectivity index (χ0) is 5.54. The molecule has 0 heterocycles. The van der Waals surface area contributed by atoms with Crippen molar-refractivity contribution in [2.75, 3.05) is 0 Å². The average molecular weight is 95.2 g/mol. The summed E-state index contributed by atoms with van der Waals surface area (Å²) in [5.74, 6) is 2.35. The molecule has 0 radical (unpaired) electrons. The van der Waals surface area contributed by atoms with Gasteiger partial charge in [0.15, 0.2) is 0 Å². The SMILES string of the molecule is [C+]#CCCCCC. The van der Waals surface area contributed by atoms with Crippen LogP contribution in [0.3, 0.4) is 0 Å². The van der Waals surface area contributed by atoms with Gasteiger partial charge in [-0.1, -0.05) is 0 Å². The van der Waals surface area contributed by atoms with Gasteiger partial charge in [0.2, 0.25) is 0 Å². The van der Waals surface area contributed by atoms with Gasteiger partial charge >= 0.3 is 45.0 Å². The van der Waals surface area contributed by atoms with Gasteiger partial charge in [-0.2, -0.15) is 0 Å². The molecule has 0 unspecified atom stereocenters. The van der Waals surface area contributed by atoms with Gasteiger partial charge in [-0.15, -0.1) is 0 Å². The van der Waals surface area contributed by atoms with Crippen LogP contribution in [0.5, 0.6) is 0 Å². The van der Waals surface area contributed by atoms with Gasteiger partial charge < -0.3 is 0 Å². The van der Waals surface area contributed by atoms with E-state index in [9.17, 15) is 0 Å². The summed E-state index contributed by atoms with van der Waals surface area (Å²) in [6, 6.07) is 0. The first-order valence-corrected chi connectivity index (χ1v) is 2.81. The number of hydrogen-bond donors (Lipinski definition) is 0. The van der Waals surface area contributed by atoms with E-state index in [1.54, 1.807) is 0 Å². The van der Waals surface area contributed by atoms with E-state index in [1.807, 2.05) is 0 Å². The van der Waals surface area contributed by atoms with Crippen LogP contribution in [0.2, 0.25) is 0 Å². The molecule has 0 aliphatic heterocycles. The fourth-order valence-corrected chi connectivity index (χ4v) is 0.463. The molecule has 0 nitrogen and oxygen atoms in total. The van der Waals surface area contributed by atoms with E-state index in [0.717, 1.165) is 12.8 Å². The summed E-state index contributed by atoms with van der Waals surface area (Å²) < 4.78 is 0. The van der Waals surface area contributed by atoms with Crippen molar-refractivity contribution in [3.63, 3.8) is 0 Å². The molecular weight excluding hydrogens is 84.1 g/mol. The van der Waals surface area contributed by atoms with Crippen LogP contribution in [0.15, 0.2) is 0 Å². The molecule has 0 heteroatoms. The van der Waals surface area contributed by atoms with Crippen LogP contribution in [-0.4, -0.2) is 0 Å². The Balaban J connectivity index is 2.60. The van der Waals surface area contributed by atoms with E-state index in [0.29, 0.717) is 0 Å². The van der Waals surface area contributed by atoms with Crippen molar-refractivity contribution >= 4 is 0 Å². The fraction of sp³-hybridized carbons (Fsp3) is 0.714. The molecule has 0 aliphatic carbocycles. The third-order valence-electron chi connectivity index (χ3n) is 0.905. The summed E-state index contributed by atoms with van der Waals surface area (Å²) in [6.07, 6.45) is 11.0. The van der Waals surface area contributed by atoms with Gasteiger partial charge in [0, 0.05) is 0 Å². The Morgan fingerprint density at radius 3 is 2.57 bits per heavy atom. The molecule has 0 saturated carbocycles. The van der Waals surface area contributed by atoms with E-state index in [1.165, 1.54) is 12.8 Å². The van der Waals surface area contributed by atoms with Gasteiger partial charge in [0.25, 0.3) is 0 Å². The molecule has 0 aromatic carbocycles. The summed E-state index contributed by atoms with van der Waals surface area (Å²) in [7, 11) is 0. The third-order valence-corrected chi connectivity index (χ3v) is 0.905. The Morgan fingerprint density at radius 1 is 1.43 bits per heavy atom. The quantitative estimate of drug-likeness (QED) is 0.286. The second-order valence-electron chi connectivity index (χ2n) is 1.63. The molecular formula is C7H11+. The molecule has 0 saturated heterocycles. The maximum atomic E-state index is 6.53. The van der Waals surface area contributed by atoms with Gasteiger partial charge in [-0.3, -0.25) is 0 Å². The molecule has 0 fully saturated rings. The second-order valence-corrected chi connectivity index (χ2v) is 1.63. The van der Waals surface area contributed by atoms with Crippen molar-refractivity contribution in [1.82, 2.24) is 0 Å². The first-order chi connectivity index (χ1) is 3.41. The molecule has 0 amide bonds. The second kappa shape index (κ2) is 5.78. The number of unbranched alkanes of at least 4 members (excludes halogenated alkanes) is 3. The maximum absolute atomic E-state index is 6.53. The topological polar surface area (TPSA) is 0 Å². The van der Waals surface area contributed by atoms with Gasteiger partial charge in [0.1, 0.15) is 0 Å². The predicted octanol–water partition coefficient (Wildman–Crippen LogP) is 2.16. The molecule has 7 heavy (non-hydrogen) atoms. The monoisotopic (exact) mass is 95.1 g/mol. The van der Waals surface area contributed by atoms with Crippen LogP contribution < -0.4 is 0 Å². The molecule has 0 aromatic heterocycles. The Bertz CT molecular complexity index is 56.9. The summed E-state index contributed by atoms with van der Waals surface area (Å²) in [5.41, 5.74) is 0. The zero-order valence-electron chi connectivity index (χ0n) is 4.83. The molecule has 38 valence electrons. The van der Waals surface area contributed by atoms with Crippen LogP contribution in [0.25, 0.3) is 0 Å². The summed E-state index contributed by atoms with van der Waals surface area (Å²) >= 11 is 0. The van der Waals surface area contributed by atoms with Crippen LogP contribution in [0.4, 0.5) is 0 Å². The van der Waals surface area contributed by atoms with Crippen LogP contribution in [0, 0.1) is 12.3 Å². The van der Waals surface area contributed by atoms with Crippen molar-refractivity contribution in [1.29, 1.82) is 0 Å². The van der Waals surface area contributed by atoms with Crippen molar-refractivity contribution in [2.24, 2.45) is 0 Å². The molecule has 0 aliphatic rings. The minimum atomic E-state index is 0.841. The van der Waals surface area contributed by atoms with E-state index in [-0.39, 0.29) is 0 Å². The van der Waals surface area contributed by atoms with Gasteiger partial charge in [-0.05, 0) is 0 Å². The van der Waals surface area contributed by atoms with E-state index >= 15 is 0 Å². The van der Waals surface area contributed by atoms with Crippen molar-refractivity contribution < 1.29 is 0 Å². The summed E-state index contributed by atoms with van der Waals surface area (Å²) in [5, 5.41) is 0. The van der Waals surface area contributed by atoms with Crippen LogP contribution in [-0.2, 0) is 0 Å². The first kappa shape index (κ1) is 6.78. The first-order valence-electron chi connectivity index (χ1n) is 2.81. The van der Waals surface area contributed by atoms with Crippen LogP contribution >= 0.6 is 0 Å². The molecule has 0 rings (SSSR count). The van der Waals surface area contributed by atoms with E-state index < -0.39 is 0 Å². The van der Waals surface area contributed by atoms with Crippen molar-refractivity contribution in [3.05, 3.63) is 6.42 Å². The zero-order valence-corrected chi connectivity index (χ0v) is 4.83. The standard InChI is InChI=1S/C7H11/c1-3-5-7-6-4-2/h3,5-7H2,1H3/q+1. The normalized spacial score (nSPS) is 8.43. The van der Waals surface area contributed by atoms with Gasteiger partial charge in [0.05, 0.1) is 0 Å².